The molecule has 1 amide bonds. The minimum atomic E-state index is -1.07. The molecule has 0 fully saturated rings. The first-order valence-electron chi connectivity index (χ1n) is 5.85. The second kappa shape index (κ2) is 6.10. The lowest BCUT2D eigenvalue weighted by molar-refractivity contribution is -0.121. The molecule has 2 heterocycles. The molecule has 1 atom stereocenters. The summed E-state index contributed by atoms with van der Waals surface area (Å²) in [6.45, 7) is 3.66. The van der Waals surface area contributed by atoms with Gasteiger partial charge in [-0.3, -0.25) is 4.79 Å². The normalized spacial score (nSPS) is 12.1. The number of aromatic carboxylic acids is 1. The van der Waals surface area contributed by atoms with Crippen molar-refractivity contribution < 1.29 is 14.7 Å². The number of hydrogen-bond acceptors (Lipinski definition) is 6. The minimum absolute atomic E-state index is 0.00113. The standard InChI is InChI=1S/C12H13N3O3S2/c1-6(11-15-9(5-20-11)12(17)18)13-10(16)3-8-4-19-7(2)14-8/h4-6H,3H2,1-2H3,(H,13,16)(H,17,18). The average Bonchev–Trinajstić information content (AvgIpc) is 2.98. The zero-order chi connectivity index (χ0) is 14.7. The first-order chi connectivity index (χ1) is 9.45. The van der Waals surface area contributed by atoms with Gasteiger partial charge >= 0.3 is 5.97 Å². The number of nitrogens with zero attached hydrogens (tertiary/aromatic N) is 2. The SMILES string of the molecule is Cc1nc(CC(=O)NC(C)c2nc(C(=O)O)cs2)cs1. The van der Waals surface area contributed by atoms with E-state index in [0.717, 1.165) is 10.7 Å². The number of carbonyl (C=O) groups excluding carboxylic acids is 1. The topological polar surface area (TPSA) is 92.2 Å². The van der Waals surface area contributed by atoms with Crippen molar-refractivity contribution in [2.24, 2.45) is 0 Å². The van der Waals surface area contributed by atoms with Crippen LogP contribution in [0.2, 0.25) is 0 Å². The van der Waals surface area contributed by atoms with E-state index in [2.05, 4.69) is 15.3 Å². The lowest BCUT2D eigenvalue weighted by Gasteiger charge is -2.10. The zero-order valence-electron chi connectivity index (χ0n) is 10.9. The Hall–Kier alpha value is -1.80. The number of hydrogen-bond donors (Lipinski definition) is 2. The number of aryl methyl sites for hydroxylation is 1. The maximum absolute atomic E-state index is 11.9. The molecule has 1 unspecified atom stereocenters. The van der Waals surface area contributed by atoms with E-state index in [1.165, 1.54) is 28.1 Å². The third kappa shape index (κ3) is 3.61. The van der Waals surface area contributed by atoms with E-state index in [1.54, 1.807) is 6.92 Å². The predicted molar refractivity (Wildman–Crippen MR) is 76.2 cm³/mol. The van der Waals surface area contributed by atoms with E-state index in [9.17, 15) is 9.59 Å². The van der Waals surface area contributed by atoms with Crippen LogP contribution in [0.15, 0.2) is 10.8 Å². The Bertz CT molecular complexity index is 635. The molecule has 6 nitrogen and oxygen atoms in total. The number of carboxylic acids is 1. The molecule has 2 N–H and O–H groups in total. The summed E-state index contributed by atoms with van der Waals surface area (Å²) in [6.07, 6.45) is 0.214. The maximum atomic E-state index is 11.9. The number of rotatable bonds is 5. The van der Waals surface area contributed by atoms with Gasteiger partial charge in [-0.2, -0.15) is 0 Å². The van der Waals surface area contributed by atoms with Gasteiger partial charge in [0, 0.05) is 10.8 Å². The van der Waals surface area contributed by atoms with Crippen LogP contribution < -0.4 is 5.32 Å². The molecule has 20 heavy (non-hydrogen) atoms. The van der Waals surface area contributed by atoms with E-state index in [1.807, 2.05) is 12.3 Å². The number of nitrogens with one attached hydrogen (secondary N) is 1. The largest absolute Gasteiger partial charge is 0.476 e. The summed E-state index contributed by atoms with van der Waals surface area (Å²) in [6, 6.07) is -0.319. The van der Waals surface area contributed by atoms with E-state index in [4.69, 9.17) is 5.11 Å². The highest BCUT2D eigenvalue weighted by Gasteiger charge is 2.16. The molecular weight excluding hydrogens is 298 g/mol. The van der Waals surface area contributed by atoms with Crippen molar-refractivity contribution in [2.75, 3.05) is 0 Å². The van der Waals surface area contributed by atoms with Crippen molar-refractivity contribution >= 4 is 34.6 Å². The summed E-state index contributed by atoms with van der Waals surface area (Å²) >= 11 is 2.72. The Morgan fingerprint density at radius 2 is 2.10 bits per heavy atom. The molecule has 2 aromatic rings. The van der Waals surface area contributed by atoms with E-state index in [0.29, 0.717) is 5.01 Å². The highest BCUT2D eigenvalue weighted by molar-refractivity contribution is 7.10. The molecule has 106 valence electrons. The molecule has 2 rings (SSSR count). The second-order valence-electron chi connectivity index (χ2n) is 4.20. The van der Waals surface area contributed by atoms with Gasteiger partial charge in [0.25, 0.3) is 0 Å². The Labute approximate surface area is 123 Å². The number of carbonyl (C=O) groups is 2. The van der Waals surface area contributed by atoms with Gasteiger partial charge in [-0.25, -0.2) is 14.8 Å². The van der Waals surface area contributed by atoms with E-state index in [-0.39, 0.29) is 24.1 Å². The molecule has 0 saturated carbocycles. The quantitative estimate of drug-likeness (QED) is 0.881. The molecule has 0 bridgehead atoms. The van der Waals surface area contributed by atoms with E-state index >= 15 is 0 Å². The molecule has 2 aromatic heterocycles. The van der Waals surface area contributed by atoms with Crippen LogP contribution in [0.25, 0.3) is 0 Å². The highest BCUT2D eigenvalue weighted by atomic mass is 32.1. The summed E-state index contributed by atoms with van der Waals surface area (Å²) < 4.78 is 0. The van der Waals surface area contributed by atoms with Crippen LogP contribution >= 0.6 is 22.7 Å². The second-order valence-corrected chi connectivity index (χ2v) is 6.15. The van der Waals surface area contributed by atoms with Crippen LogP contribution in [0.4, 0.5) is 0 Å². The van der Waals surface area contributed by atoms with Crippen LogP contribution in [0.1, 0.15) is 39.2 Å². The summed E-state index contributed by atoms with van der Waals surface area (Å²) in [5.41, 5.74) is 0.740. The minimum Gasteiger partial charge on any atom is -0.476 e. The monoisotopic (exact) mass is 311 g/mol. The summed E-state index contributed by atoms with van der Waals surface area (Å²) in [5, 5.41) is 16.4. The van der Waals surface area contributed by atoms with Gasteiger partial charge in [-0.05, 0) is 13.8 Å². The fraction of sp³-hybridized carbons (Fsp3) is 0.333. The van der Waals surface area contributed by atoms with Crippen LogP contribution in [0, 0.1) is 6.92 Å². The molecule has 0 radical (unpaired) electrons. The van der Waals surface area contributed by atoms with Crippen LogP contribution in [-0.2, 0) is 11.2 Å². The van der Waals surface area contributed by atoms with Crippen molar-refractivity contribution in [2.45, 2.75) is 26.3 Å². The first-order valence-corrected chi connectivity index (χ1v) is 7.60. The van der Waals surface area contributed by atoms with Crippen molar-refractivity contribution in [3.63, 3.8) is 0 Å². The Morgan fingerprint density at radius 3 is 2.65 bits per heavy atom. The molecule has 0 spiro atoms. The van der Waals surface area contributed by atoms with E-state index < -0.39 is 5.97 Å². The summed E-state index contributed by atoms with van der Waals surface area (Å²) in [7, 11) is 0. The predicted octanol–water partition coefficient (Wildman–Crippen LogP) is 2.03. The van der Waals surface area contributed by atoms with Gasteiger partial charge in [0.15, 0.2) is 5.69 Å². The van der Waals surface area contributed by atoms with Crippen LogP contribution in [-0.4, -0.2) is 27.0 Å². The fourth-order valence-corrected chi connectivity index (χ4v) is 3.01. The smallest absolute Gasteiger partial charge is 0.355 e. The Balaban J connectivity index is 1.94. The van der Waals surface area contributed by atoms with Crippen LogP contribution in [0.3, 0.4) is 0 Å². The Morgan fingerprint density at radius 1 is 1.35 bits per heavy atom. The highest BCUT2D eigenvalue weighted by Crippen LogP contribution is 2.18. The zero-order valence-corrected chi connectivity index (χ0v) is 12.5. The third-order valence-corrected chi connectivity index (χ3v) is 4.35. The molecule has 0 aromatic carbocycles. The average molecular weight is 311 g/mol. The third-order valence-electron chi connectivity index (χ3n) is 2.50. The number of amides is 1. The number of carboxylic acid groups (broad SMARTS) is 1. The number of thiazole rings is 2. The molecule has 0 aliphatic rings. The lowest BCUT2D eigenvalue weighted by Crippen LogP contribution is -2.28. The molecule has 0 aliphatic carbocycles. The fourth-order valence-electron chi connectivity index (χ4n) is 1.59. The number of aromatic nitrogens is 2. The molecule has 8 heteroatoms. The van der Waals surface area contributed by atoms with Gasteiger partial charge in [-0.1, -0.05) is 0 Å². The van der Waals surface area contributed by atoms with Gasteiger partial charge in [0.1, 0.15) is 5.01 Å². The van der Waals surface area contributed by atoms with Crippen molar-refractivity contribution in [3.05, 3.63) is 32.2 Å². The van der Waals surface area contributed by atoms with Crippen molar-refractivity contribution in [1.82, 2.24) is 15.3 Å². The van der Waals surface area contributed by atoms with Gasteiger partial charge in [0.2, 0.25) is 5.91 Å². The lowest BCUT2D eigenvalue weighted by atomic mass is 10.3. The van der Waals surface area contributed by atoms with Gasteiger partial charge in [0.05, 0.1) is 23.2 Å². The summed E-state index contributed by atoms with van der Waals surface area (Å²) in [5.74, 6) is -1.22. The van der Waals surface area contributed by atoms with Gasteiger partial charge in [-0.15, -0.1) is 22.7 Å². The Kier molecular flexibility index (Phi) is 4.46. The van der Waals surface area contributed by atoms with Crippen LogP contribution in [0.5, 0.6) is 0 Å². The molecular formula is C12H13N3O3S2. The van der Waals surface area contributed by atoms with Gasteiger partial charge < -0.3 is 10.4 Å². The molecule has 0 saturated heterocycles. The van der Waals surface area contributed by atoms with Crippen molar-refractivity contribution in [1.29, 1.82) is 0 Å². The first kappa shape index (κ1) is 14.6. The summed E-state index contributed by atoms with van der Waals surface area (Å²) in [4.78, 5) is 30.8. The maximum Gasteiger partial charge on any atom is 0.355 e. The molecule has 0 aliphatic heterocycles. The van der Waals surface area contributed by atoms with Crippen molar-refractivity contribution in [3.8, 4) is 0 Å².